The van der Waals surface area contributed by atoms with E-state index >= 15 is 0 Å². The summed E-state index contributed by atoms with van der Waals surface area (Å²) in [5.74, 6) is 0.304. The highest BCUT2D eigenvalue weighted by atomic mass is 32.2. The number of thioether (sulfide) groups is 1. The van der Waals surface area contributed by atoms with Gasteiger partial charge in [0.15, 0.2) is 5.17 Å². The van der Waals surface area contributed by atoms with Crippen LogP contribution in [0.5, 0.6) is 5.75 Å². The van der Waals surface area contributed by atoms with Gasteiger partial charge in [-0.05, 0) is 41.6 Å². The minimum atomic E-state index is -0.606. The number of amides is 1. The van der Waals surface area contributed by atoms with E-state index in [4.69, 9.17) is 9.15 Å². The Hall–Kier alpha value is -3.33. The molecule has 8 nitrogen and oxygen atoms in total. The third-order valence-electron chi connectivity index (χ3n) is 4.47. The fourth-order valence-electron chi connectivity index (χ4n) is 3.03. The molecular weight excluding hydrogens is 394 g/mol. The van der Waals surface area contributed by atoms with E-state index in [9.17, 15) is 9.59 Å². The van der Waals surface area contributed by atoms with Gasteiger partial charge in [0.05, 0.1) is 31.4 Å². The van der Waals surface area contributed by atoms with Gasteiger partial charge in [0, 0.05) is 12.5 Å². The molecule has 2 aromatic rings. The predicted octanol–water partition coefficient (Wildman–Crippen LogP) is 3.13. The first-order chi connectivity index (χ1) is 14.1. The Bertz CT molecular complexity index is 1020. The summed E-state index contributed by atoms with van der Waals surface area (Å²) in [5.41, 5.74) is 1.73. The summed E-state index contributed by atoms with van der Waals surface area (Å²) in [6, 6.07) is 11.1. The smallest absolute Gasteiger partial charge is 0.331 e. The quantitative estimate of drug-likeness (QED) is 0.564. The van der Waals surface area contributed by atoms with Gasteiger partial charge in [0.1, 0.15) is 17.2 Å². The number of ether oxygens (including phenoxy) is 2. The van der Waals surface area contributed by atoms with E-state index in [2.05, 4.69) is 14.8 Å². The summed E-state index contributed by atoms with van der Waals surface area (Å²) in [4.78, 5) is 28.0. The molecule has 3 heterocycles. The Kier molecular flexibility index (Phi) is 5.22. The molecule has 0 saturated heterocycles. The van der Waals surface area contributed by atoms with E-state index in [-0.39, 0.29) is 10.9 Å². The van der Waals surface area contributed by atoms with Gasteiger partial charge in [-0.15, -0.1) is 0 Å². The molecule has 0 spiro atoms. The first kappa shape index (κ1) is 19.0. The highest BCUT2D eigenvalue weighted by Gasteiger charge is 2.37. The molecule has 4 rings (SSSR count). The van der Waals surface area contributed by atoms with Crippen molar-refractivity contribution in [3.05, 3.63) is 65.0 Å². The van der Waals surface area contributed by atoms with E-state index in [0.29, 0.717) is 17.3 Å². The number of hydrogen-bond donors (Lipinski definition) is 0. The van der Waals surface area contributed by atoms with E-state index in [1.165, 1.54) is 7.11 Å². The molecule has 29 heavy (non-hydrogen) atoms. The summed E-state index contributed by atoms with van der Waals surface area (Å²) in [7, 11) is 2.87. The second kappa shape index (κ2) is 7.96. The van der Waals surface area contributed by atoms with E-state index in [0.717, 1.165) is 34.9 Å². The van der Waals surface area contributed by atoms with Crippen molar-refractivity contribution in [2.45, 2.75) is 12.5 Å². The lowest BCUT2D eigenvalue weighted by Gasteiger charge is -2.22. The van der Waals surface area contributed by atoms with Crippen molar-refractivity contribution in [1.82, 2.24) is 5.01 Å². The Morgan fingerprint density at radius 1 is 1.28 bits per heavy atom. The molecule has 1 atom stereocenters. The van der Waals surface area contributed by atoms with Crippen LogP contribution >= 0.6 is 11.8 Å². The molecule has 0 bridgehead atoms. The van der Waals surface area contributed by atoms with E-state index in [1.807, 2.05) is 30.3 Å². The van der Waals surface area contributed by atoms with Gasteiger partial charge in [-0.2, -0.15) is 10.1 Å². The molecule has 0 saturated carbocycles. The van der Waals surface area contributed by atoms with Gasteiger partial charge in [-0.1, -0.05) is 12.1 Å². The number of rotatable bonds is 4. The summed E-state index contributed by atoms with van der Waals surface area (Å²) >= 11 is 1.09. The van der Waals surface area contributed by atoms with Crippen LogP contribution in [0.3, 0.4) is 0 Å². The second-order valence-electron chi connectivity index (χ2n) is 6.19. The van der Waals surface area contributed by atoms with Crippen molar-refractivity contribution in [2.24, 2.45) is 10.1 Å². The Labute approximate surface area is 170 Å². The molecule has 0 fully saturated rings. The standard InChI is InChI=1S/C20H17N3O5S/c1-26-13-7-5-12(6-8-13)15-10-14(16-4-3-9-28-16)22-23(15)20-21-19(25)17(29-20)11-18(24)27-2/h3-9,11,15H,10H2,1-2H3/b17-11-/t15-/m1/s1. The number of furan rings is 1. The Morgan fingerprint density at radius 3 is 2.72 bits per heavy atom. The highest BCUT2D eigenvalue weighted by molar-refractivity contribution is 8.18. The second-order valence-corrected chi connectivity index (χ2v) is 7.20. The first-order valence-corrected chi connectivity index (χ1v) is 9.55. The number of methoxy groups -OCH3 is 2. The van der Waals surface area contributed by atoms with Crippen LogP contribution in [-0.2, 0) is 14.3 Å². The Balaban J connectivity index is 1.67. The SMILES string of the molecule is COC(=O)/C=C1\SC(N2N=C(c3ccco3)C[C@@H]2c2ccc(OC)cc2)=NC1=O. The summed E-state index contributed by atoms with van der Waals surface area (Å²) in [6.07, 6.45) is 3.30. The fourth-order valence-corrected chi connectivity index (χ4v) is 3.90. The van der Waals surface area contributed by atoms with Crippen molar-refractivity contribution in [1.29, 1.82) is 0 Å². The molecule has 9 heteroatoms. The molecule has 148 valence electrons. The van der Waals surface area contributed by atoms with E-state index < -0.39 is 11.9 Å². The van der Waals surface area contributed by atoms with Gasteiger partial charge in [-0.3, -0.25) is 4.79 Å². The summed E-state index contributed by atoms with van der Waals surface area (Å²) < 4.78 is 15.3. The maximum Gasteiger partial charge on any atom is 0.331 e. The van der Waals surface area contributed by atoms with Gasteiger partial charge in [0.2, 0.25) is 0 Å². The summed E-state index contributed by atoms with van der Waals surface area (Å²) in [6.45, 7) is 0. The zero-order valence-electron chi connectivity index (χ0n) is 15.7. The molecule has 0 unspecified atom stereocenters. The molecule has 0 aliphatic carbocycles. The van der Waals surface area contributed by atoms with Crippen LogP contribution < -0.4 is 4.74 Å². The molecule has 0 N–H and O–H groups in total. The Morgan fingerprint density at radius 2 is 2.07 bits per heavy atom. The van der Waals surface area contributed by atoms with Crippen LogP contribution in [0, 0.1) is 0 Å². The maximum absolute atomic E-state index is 12.2. The highest BCUT2D eigenvalue weighted by Crippen LogP contribution is 2.39. The third kappa shape index (κ3) is 3.81. The van der Waals surface area contributed by atoms with Crippen LogP contribution in [0.4, 0.5) is 0 Å². The topological polar surface area (TPSA) is 93.7 Å². The van der Waals surface area contributed by atoms with Gasteiger partial charge in [0.25, 0.3) is 5.91 Å². The lowest BCUT2D eigenvalue weighted by Crippen LogP contribution is -2.23. The molecule has 1 amide bonds. The number of hydrogen-bond acceptors (Lipinski definition) is 8. The van der Waals surface area contributed by atoms with Crippen molar-refractivity contribution in [2.75, 3.05) is 14.2 Å². The molecular formula is C20H17N3O5S. The number of nitrogens with zero attached hydrogens (tertiary/aromatic N) is 3. The average Bonchev–Trinajstić information content (AvgIpc) is 3.48. The lowest BCUT2D eigenvalue weighted by molar-refractivity contribution is -0.135. The van der Waals surface area contributed by atoms with Crippen LogP contribution in [0.15, 0.2) is 68.2 Å². The number of esters is 1. The summed E-state index contributed by atoms with van der Waals surface area (Å²) in [5, 5.41) is 6.75. The van der Waals surface area contributed by atoms with Crippen LogP contribution in [-0.4, -0.2) is 42.0 Å². The number of benzene rings is 1. The van der Waals surface area contributed by atoms with E-state index in [1.54, 1.807) is 24.4 Å². The largest absolute Gasteiger partial charge is 0.497 e. The number of aliphatic imine (C=N–C) groups is 1. The van der Waals surface area contributed by atoms with Gasteiger partial charge in [-0.25, -0.2) is 9.80 Å². The molecule has 1 aromatic carbocycles. The zero-order chi connectivity index (χ0) is 20.4. The molecule has 1 aromatic heterocycles. The van der Waals surface area contributed by atoms with Crippen molar-refractivity contribution in [3.8, 4) is 5.75 Å². The van der Waals surface area contributed by atoms with Gasteiger partial charge < -0.3 is 13.9 Å². The minimum Gasteiger partial charge on any atom is -0.497 e. The molecule has 0 radical (unpaired) electrons. The van der Waals surface area contributed by atoms with Crippen LogP contribution in [0.1, 0.15) is 23.8 Å². The number of carbonyl (C=O) groups is 2. The third-order valence-corrected chi connectivity index (χ3v) is 5.45. The zero-order valence-corrected chi connectivity index (χ0v) is 16.5. The number of amidine groups is 1. The van der Waals surface area contributed by atoms with Crippen molar-refractivity contribution < 1.29 is 23.5 Å². The maximum atomic E-state index is 12.2. The molecule has 2 aliphatic heterocycles. The van der Waals surface area contributed by atoms with Crippen LogP contribution in [0.2, 0.25) is 0 Å². The lowest BCUT2D eigenvalue weighted by atomic mass is 10.0. The minimum absolute atomic E-state index is 0.183. The monoisotopic (exact) mass is 411 g/mol. The predicted molar refractivity (Wildman–Crippen MR) is 108 cm³/mol. The average molecular weight is 411 g/mol. The van der Waals surface area contributed by atoms with Gasteiger partial charge >= 0.3 is 5.97 Å². The van der Waals surface area contributed by atoms with Crippen molar-refractivity contribution >= 4 is 34.5 Å². The van der Waals surface area contributed by atoms with Crippen LogP contribution in [0.25, 0.3) is 0 Å². The fraction of sp³-hybridized carbons (Fsp3) is 0.200. The number of hydrazone groups is 1. The molecule has 2 aliphatic rings. The number of carbonyl (C=O) groups excluding carboxylic acids is 2. The van der Waals surface area contributed by atoms with Crippen molar-refractivity contribution in [3.63, 3.8) is 0 Å². The normalized spacial score (nSPS) is 20.1. The first-order valence-electron chi connectivity index (χ1n) is 8.74.